The molecule has 128 valence electrons. The molecule has 0 fully saturated rings. The van der Waals surface area contributed by atoms with Gasteiger partial charge in [0.15, 0.2) is 6.10 Å². The van der Waals surface area contributed by atoms with Crippen LogP contribution >= 0.6 is 0 Å². The van der Waals surface area contributed by atoms with Crippen LogP contribution in [0.25, 0.3) is 11.4 Å². The number of para-hydroxylation sites is 1. The highest BCUT2D eigenvalue weighted by Gasteiger charge is 2.14. The van der Waals surface area contributed by atoms with E-state index in [2.05, 4.69) is 20.4 Å². The van der Waals surface area contributed by atoms with E-state index in [-0.39, 0.29) is 5.91 Å². The molecule has 1 N–H and O–H groups in total. The predicted molar refractivity (Wildman–Crippen MR) is 92.8 cm³/mol. The smallest absolute Gasteiger partial charge is 0.260 e. The number of carbonyl (C=O) groups is 1. The molecular weight excluding hydrogens is 318 g/mol. The molecule has 0 unspecified atom stereocenters. The molecule has 0 radical (unpaired) electrons. The first-order valence-corrected chi connectivity index (χ1v) is 8.01. The third kappa shape index (κ3) is 4.63. The molecule has 1 aromatic carbocycles. The van der Waals surface area contributed by atoms with Crippen LogP contribution < -0.4 is 10.1 Å². The van der Waals surface area contributed by atoms with Gasteiger partial charge < -0.3 is 10.1 Å². The maximum absolute atomic E-state index is 12.1. The number of carbonyl (C=O) groups excluding carboxylic acids is 1. The topological polar surface area (TPSA) is 81.9 Å². The zero-order valence-electron chi connectivity index (χ0n) is 13.9. The Morgan fingerprint density at radius 2 is 2.04 bits per heavy atom. The van der Waals surface area contributed by atoms with Gasteiger partial charge in [-0.3, -0.25) is 19.4 Å². The molecule has 7 heteroatoms. The summed E-state index contributed by atoms with van der Waals surface area (Å²) in [6, 6.07) is 11.1. The zero-order valence-corrected chi connectivity index (χ0v) is 13.9. The molecule has 0 aliphatic heterocycles. The van der Waals surface area contributed by atoms with E-state index < -0.39 is 6.10 Å². The lowest BCUT2D eigenvalue weighted by Gasteiger charge is -2.14. The van der Waals surface area contributed by atoms with E-state index >= 15 is 0 Å². The second kappa shape index (κ2) is 8.05. The van der Waals surface area contributed by atoms with Gasteiger partial charge in [-0.15, -0.1) is 0 Å². The van der Waals surface area contributed by atoms with E-state index in [4.69, 9.17) is 4.74 Å². The van der Waals surface area contributed by atoms with Crippen molar-refractivity contribution in [2.75, 3.05) is 6.54 Å². The van der Waals surface area contributed by atoms with Crippen molar-refractivity contribution in [3.8, 4) is 17.1 Å². The van der Waals surface area contributed by atoms with Gasteiger partial charge in [0.2, 0.25) is 0 Å². The van der Waals surface area contributed by atoms with Crippen LogP contribution in [0.2, 0.25) is 0 Å². The molecule has 1 amide bonds. The highest BCUT2D eigenvalue weighted by atomic mass is 16.5. The summed E-state index contributed by atoms with van der Waals surface area (Å²) in [7, 11) is 0. The maximum Gasteiger partial charge on any atom is 0.260 e. The van der Waals surface area contributed by atoms with Crippen molar-refractivity contribution in [2.24, 2.45) is 0 Å². The summed E-state index contributed by atoms with van der Waals surface area (Å²) in [4.78, 5) is 20.3. The summed E-state index contributed by atoms with van der Waals surface area (Å²) in [6.07, 6.45) is 6.20. The van der Waals surface area contributed by atoms with Gasteiger partial charge in [0.1, 0.15) is 17.1 Å². The minimum absolute atomic E-state index is 0.162. The molecule has 3 aromatic rings. The summed E-state index contributed by atoms with van der Waals surface area (Å²) in [6.45, 7) is 2.75. The van der Waals surface area contributed by atoms with Crippen molar-refractivity contribution in [1.29, 1.82) is 0 Å². The molecule has 0 saturated heterocycles. The van der Waals surface area contributed by atoms with Crippen molar-refractivity contribution in [3.63, 3.8) is 0 Å². The number of aromatic nitrogens is 4. The predicted octanol–water partition coefficient (Wildman–Crippen LogP) is 1.92. The minimum Gasteiger partial charge on any atom is -0.481 e. The Balaban J connectivity index is 1.46. The van der Waals surface area contributed by atoms with Gasteiger partial charge in [-0.05, 0) is 25.1 Å². The molecule has 0 aliphatic carbocycles. The highest BCUT2D eigenvalue weighted by Crippen LogP contribution is 2.12. The molecular formula is C18H19N5O2. The van der Waals surface area contributed by atoms with E-state index in [9.17, 15) is 4.79 Å². The molecule has 7 nitrogen and oxygen atoms in total. The number of nitrogens with one attached hydrogen (secondary N) is 1. The number of nitrogens with zero attached hydrogens (tertiary/aromatic N) is 4. The Morgan fingerprint density at radius 1 is 1.20 bits per heavy atom. The monoisotopic (exact) mass is 337 g/mol. The summed E-state index contributed by atoms with van der Waals surface area (Å²) < 4.78 is 7.35. The molecule has 0 saturated carbocycles. The first-order valence-electron chi connectivity index (χ1n) is 8.01. The lowest BCUT2D eigenvalue weighted by atomic mass is 10.3. The van der Waals surface area contributed by atoms with Gasteiger partial charge in [0.05, 0.1) is 12.7 Å². The van der Waals surface area contributed by atoms with E-state index in [0.29, 0.717) is 18.8 Å². The van der Waals surface area contributed by atoms with Crippen LogP contribution in [-0.2, 0) is 11.3 Å². The van der Waals surface area contributed by atoms with Crippen molar-refractivity contribution >= 4 is 5.91 Å². The fourth-order valence-electron chi connectivity index (χ4n) is 2.25. The Hall–Kier alpha value is -3.22. The lowest BCUT2D eigenvalue weighted by molar-refractivity contribution is -0.127. The average Bonchev–Trinajstić information content (AvgIpc) is 3.12. The third-order valence-electron chi connectivity index (χ3n) is 3.53. The van der Waals surface area contributed by atoms with Crippen LogP contribution in [0.4, 0.5) is 0 Å². The number of rotatable bonds is 7. The van der Waals surface area contributed by atoms with Crippen LogP contribution in [0.5, 0.6) is 5.75 Å². The molecule has 3 rings (SSSR count). The van der Waals surface area contributed by atoms with Crippen LogP contribution in [0.1, 0.15) is 6.92 Å². The number of ether oxygens (including phenoxy) is 1. The molecule has 0 bridgehead atoms. The van der Waals surface area contributed by atoms with Gasteiger partial charge in [-0.1, -0.05) is 18.2 Å². The fraction of sp³-hybridized carbons (Fsp3) is 0.222. The maximum atomic E-state index is 12.1. The van der Waals surface area contributed by atoms with Crippen molar-refractivity contribution in [2.45, 2.75) is 19.6 Å². The van der Waals surface area contributed by atoms with Crippen molar-refractivity contribution in [1.82, 2.24) is 25.1 Å². The normalized spacial score (nSPS) is 11.7. The Morgan fingerprint density at radius 3 is 2.80 bits per heavy atom. The molecule has 2 aromatic heterocycles. The number of hydrogen-bond donors (Lipinski definition) is 1. The quantitative estimate of drug-likeness (QED) is 0.712. The van der Waals surface area contributed by atoms with E-state index in [1.807, 2.05) is 42.6 Å². The van der Waals surface area contributed by atoms with Crippen LogP contribution in [0, 0.1) is 0 Å². The van der Waals surface area contributed by atoms with E-state index in [1.54, 1.807) is 30.2 Å². The first-order chi connectivity index (χ1) is 12.2. The molecule has 0 aliphatic rings. The second-order valence-electron chi connectivity index (χ2n) is 5.42. The largest absolute Gasteiger partial charge is 0.481 e. The summed E-state index contributed by atoms with van der Waals surface area (Å²) in [5.74, 6) is 0.510. The molecule has 2 heterocycles. The van der Waals surface area contributed by atoms with Crippen LogP contribution in [-0.4, -0.2) is 38.3 Å². The summed E-state index contributed by atoms with van der Waals surface area (Å²) >= 11 is 0. The number of amides is 1. The van der Waals surface area contributed by atoms with Crippen molar-refractivity contribution < 1.29 is 9.53 Å². The fourth-order valence-corrected chi connectivity index (χ4v) is 2.25. The first kappa shape index (κ1) is 16.6. The average molecular weight is 337 g/mol. The van der Waals surface area contributed by atoms with Crippen LogP contribution in [0.15, 0.2) is 61.2 Å². The molecule has 1 atom stereocenters. The van der Waals surface area contributed by atoms with Crippen molar-refractivity contribution in [3.05, 3.63) is 61.2 Å². The van der Waals surface area contributed by atoms with Gasteiger partial charge in [-0.25, -0.2) is 0 Å². The van der Waals surface area contributed by atoms with Gasteiger partial charge >= 0.3 is 0 Å². The number of hydrogen-bond acceptors (Lipinski definition) is 5. The van der Waals surface area contributed by atoms with Gasteiger partial charge in [0.25, 0.3) is 5.91 Å². The second-order valence-corrected chi connectivity index (χ2v) is 5.42. The Bertz CT molecular complexity index is 805. The minimum atomic E-state index is -0.560. The Labute approximate surface area is 145 Å². The third-order valence-corrected chi connectivity index (χ3v) is 3.53. The van der Waals surface area contributed by atoms with E-state index in [0.717, 1.165) is 11.4 Å². The van der Waals surface area contributed by atoms with Gasteiger partial charge in [-0.2, -0.15) is 5.10 Å². The molecule has 25 heavy (non-hydrogen) atoms. The van der Waals surface area contributed by atoms with Gasteiger partial charge in [0, 0.05) is 25.1 Å². The van der Waals surface area contributed by atoms with E-state index in [1.165, 1.54) is 0 Å². The summed E-state index contributed by atoms with van der Waals surface area (Å²) in [5.41, 5.74) is 1.47. The van der Waals surface area contributed by atoms with Crippen LogP contribution in [0.3, 0.4) is 0 Å². The number of benzene rings is 1. The standard InChI is InChI=1S/C18H19N5O2/c1-14(25-15-5-3-2-4-6-15)18(24)21-10-12-23-11-7-16(22-23)17-13-19-8-9-20-17/h2-9,11,13-14H,10,12H2,1H3,(H,21,24)/t14-/m0/s1. The highest BCUT2D eigenvalue weighted by molar-refractivity contribution is 5.80. The molecule has 0 spiro atoms. The Kier molecular flexibility index (Phi) is 5.36. The lowest BCUT2D eigenvalue weighted by Crippen LogP contribution is -2.37. The zero-order chi connectivity index (χ0) is 17.5. The SMILES string of the molecule is C[C@H](Oc1ccccc1)C(=O)NCCn1ccc(-c2cnccn2)n1. The summed E-state index contributed by atoms with van der Waals surface area (Å²) in [5, 5.41) is 7.27.